The molecule has 0 aliphatic carbocycles. The fraction of sp³-hybridized carbons (Fsp3) is 0.474. The SMILES string of the molecule is CC(CCNC1CCCN(c2ccn(C)n2)C1=O)c1ccccc1. The normalized spacial score (nSPS) is 19.5. The lowest BCUT2D eigenvalue weighted by molar-refractivity contribution is -0.121. The summed E-state index contributed by atoms with van der Waals surface area (Å²) in [5, 5.41) is 7.81. The molecule has 1 aliphatic heterocycles. The molecule has 1 saturated heterocycles. The highest BCUT2D eigenvalue weighted by Gasteiger charge is 2.30. The Hall–Kier alpha value is -2.14. The molecule has 24 heavy (non-hydrogen) atoms. The Labute approximate surface area is 143 Å². The highest BCUT2D eigenvalue weighted by molar-refractivity contribution is 5.97. The van der Waals surface area contributed by atoms with Crippen molar-refractivity contribution in [3.63, 3.8) is 0 Å². The zero-order chi connectivity index (χ0) is 16.9. The molecule has 1 fully saturated rings. The average molecular weight is 326 g/mol. The zero-order valence-corrected chi connectivity index (χ0v) is 14.5. The number of benzene rings is 1. The van der Waals surface area contributed by atoms with E-state index < -0.39 is 0 Å². The summed E-state index contributed by atoms with van der Waals surface area (Å²) in [6, 6.07) is 12.3. The summed E-state index contributed by atoms with van der Waals surface area (Å²) in [5.74, 6) is 1.39. The molecule has 0 spiro atoms. The first-order valence-electron chi connectivity index (χ1n) is 8.74. The van der Waals surface area contributed by atoms with Gasteiger partial charge in [0.1, 0.15) is 0 Å². The van der Waals surface area contributed by atoms with Crippen molar-refractivity contribution in [3.8, 4) is 0 Å². The number of amides is 1. The van der Waals surface area contributed by atoms with Gasteiger partial charge in [-0.05, 0) is 37.3 Å². The van der Waals surface area contributed by atoms with Gasteiger partial charge in [0.05, 0.1) is 6.04 Å². The molecule has 0 bridgehead atoms. The Morgan fingerprint density at radius 2 is 2.08 bits per heavy atom. The summed E-state index contributed by atoms with van der Waals surface area (Å²) < 4.78 is 1.74. The van der Waals surface area contributed by atoms with E-state index >= 15 is 0 Å². The average Bonchev–Trinajstić information content (AvgIpc) is 3.03. The van der Waals surface area contributed by atoms with E-state index in [0.29, 0.717) is 5.92 Å². The lowest BCUT2D eigenvalue weighted by atomic mass is 9.97. The van der Waals surface area contributed by atoms with Crippen LogP contribution in [0.1, 0.15) is 37.7 Å². The molecule has 1 aromatic carbocycles. The topological polar surface area (TPSA) is 50.2 Å². The Morgan fingerprint density at radius 1 is 1.29 bits per heavy atom. The number of carbonyl (C=O) groups is 1. The first kappa shape index (κ1) is 16.7. The summed E-state index contributed by atoms with van der Waals surface area (Å²) in [6.07, 6.45) is 4.81. The number of aromatic nitrogens is 2. The number of anilines is 1. The van der Waals surface area contributed by atoms with E-state index in [1.165, 1.54) is 5.56 Å². The minimum Gasteiger partial charge on any atom is -0.306 e. The third-order valence-corrected chi connectivity index (χ3v) is 4.75. The van der Waals surface area contributed by atoms with Crippen molar-refractivity contribution in [2.45, 2.75) is 38.1 Å². The predicted molar refractivity (Wildman–Crippen MR) is 96.1 cm³/mol. The molecule has 0 radical (unpaired) electrons. The molecule has 1 aliphatic rings. The van der Waals surface area contributed by atoms with Gasteiger partial charge in [-0.25, -0.2) is 0 Å². The molecule has 2 aromatic rings. The molecular formula is C19H26N4O. The molecule has 5 nitrogen and oxygen atoms in total. The number of nitrogens with zero attached hydrogens (tertiary/aromatic N) is 3. The lowest BCUT2D eigenvalue weighted by Crippen LogP contribution is -2.51. The van der Waals surface area contributed by atoms with Crippen molar-refractivity contribution in [1.29, 1.82) is 0 Å². The van der Waals surface area contributed by atoms with Crippen molar-refractivity contribution in [3.05, 3.63) is 48.2 Å². The van der Waals surface area contributed by atoms with Crippen LogP contribution in [0.2, 0.25) is 0 Å². The maximum absolute atomic E-state index is 12.7. The molecule has 128 valence electrons. The summed E-state index contributed by atoms with van der Waals surface area (Å²) >= 11 is 0. The van der Waals surface area contributed by atoms with Crippen LogP contribution in [0.5, 0.6) is 0 Å². The van der Waals surface area contributed by atoms with Crippen LogP contribution in [0.15, 0.2) is 42.6 Å². The van der Waals surface area contributed by atoms with Crippen molar-refractivity contribution in [2.24, 2.45) is 7.05 Å². The highest BCUT2D eigenvalue weighted by Crippen LogP contribution is 2.20. The Balaban J connectivity index is 1.52. The number of nitrogens with one attached hydrogen (secondary N) is 1. The van der Waals surface area contributed by atoms with Crippen molar-refractivity contribution in [1.82, 2.24) is 15.1 Å². The Bertz CT molecular complexity index is 667. The molecule has 3 rings (SSSR count). The molecular weight excluding hydrogens is 300 g/mol. The lowest BCUT2D eigenvalue weighted by Gasteiger charge is -2.31. The standard InChI is InChI=1S/C19H26N4O/c1-15(16-7-4-3-5-8-16)10-12-20-17-9-6-13-23(19(17)24)18-11-14-22(2)21-18/h3-5,7-8,11,14-15,17,20H,6,9-10,12-13H2,1-2H3. The Morgan fingerprint density at radius 3 is 2.79 bits per heavy atom. The number of piperidine rings is 1. The highest BCUT2D eigenvalue weighted by atomic mass is 16.2. The van der Waals surface area contributed by atoms with Crippen LogP contribution in [0, 0.1) is 0 Å². The van der Waals surface area contributed by atoms with Crippen molar-refractivity contribution in [2.75, 3.05) is 18.0 Å². The third-order valence-electron chi connectivity index (χ3n) is 4.75. The van der Waals surface area contributed by atoms with E-state index in [0.717, 1.165) is 38.2 Å². The van der Waals surface area contributed by atoms with Gasteiger partial charge in [0.15, 0.2) is 5.82 Å². The summed E-state index contributed by atoms with van der Waals surface area (Å²) in [5.41, 5.74) is 1.35. The van der Waals surface area contributed by atoms with Crippen molar-refractivity contribution >= 4 is 11.7 Å². The van der Waals surface area contributed by atoms with Gasteiger partial charge in [0.2, 0.25) is 5.91 Å². The van der Waals surface area contributed by atoms with Crippen LogP contribution in [-0.2, 0) is 11.8 Å². The van der Waals surface area contributed by atoms with E-state index in [2.05, 4.69) is 41.6 Å². The number of carbonyl (C=O) groups excluding carboxylic acids is 1. The number of aryl methyl sites for hydroxylation is 1. The predicted octanol–water partition coefficient (Wildman–Crippen LogP) is 2.70. The second-order valence-electron chi connectivity index (χ2n) is 6.59. The number of hydrogen-bond donors (Lipinski definition) is 1. The van der Waals surface area contributed by atoms with E-state index in [1.807, 2.05) is 30.3 Å². The summed E-state index contributed by atoms with van der Waals surface area (Å²) in [7, 11) is 1.87. The van der Waals surface area contributed by atoms with E-state index in [1.54, 1.807) is 4.68 Å². The van der Waals surface area contributed by atoms with Crippen molar-refractivity contribution < 1.29 is 4.79 Å². The summed E-state index contributed by atoms with van der Waals surface area (Å²) in [4.78, 5) is 14.5. The third kappa shape index (κ3) is 3.85. The van der Waals surface area contributed by atoms with Gasteiger partial charge in [-0.3, -0.25) is 14.4 Å². The quantitative estimate of drug-likeness (QED) is 0.888. The van der Waals surface area contributed by atoms with Crippen LogP contribution in [0.3, 0.4) is 0 Å². The zero-order valence-electron chi connectivity index (χ0n) is 14.5. The van der Waals surface area contributed by atoms with Crippen LogP contribution >= 0.6 is 0 Å². The number of hydrogen-bond acceptors (Lipinski definition) is 3. The second-order valence-corrected chi connectivity index (χ2v) is 6.59. The van der Waals surface area contributed by atoms with E-state index in [9.17, 15) is 4.79 Å². The second kappa shape index (κ2) is 7.62. The molecule has 5 heteroatoms. The smallest absolute Gasteiger partial charge is 0.245 e. The minimum absolute atomic E-state index is 0.0938. The van der Waals surface area contributed by atoms with Crippen LogP contribution in [0.25, 0.3) is 0 Å². The maximum atomic E-state index is 12.7. The molecule has 2 heterocycles. The van der Waals surface area contributed by atoms with Crippen LogP contribution in [-0.4, -0.2) is 34.8 Å². The number of rotatable bonds is 6. The van der Waals surface area contributed by atoms with Crippen LogP contribution < -0.4 is 10.2 Å². The maximum Gasteiger partial charge on any atom is 0.245 e. The summed E-state index contributed by atoms with van der Waals surface area (Å²) in [6.45, 7) is 3.84. The molecule has 2 atom stereocenters. The van der Waals surface area contributed by atoms with Gasteiger partial charge in [0, 0.05) is 25.9 Å². The van der Waals surface area contributed by atoms with Gasteiger partial charge in [0.25, 0.3) is 0 Å². The molecule has 0 saturated carbocycles. The molecule has 1 N–H and O–H groups in total. The molecule has 1 aromatic heterocycles. The minimum atomic E-state index is -0.0938. The fourth-order valence-electron chi connectivity index (χ4n) is 3.26. The molecule has 2 unspecified atom stereocenters. The van der Waals surface area contributed by atoms with E-state index in [-0.39, 0.29) is 11.9 Å². The Kier molecular flexibility index (Phi) is 5.30. The van der Waals surface area contributed by atoms with Crippen LogP contribution in [0.4, 0.5) is 5.82 Å². The largest absolute Gasteiger partial charge is 0.306 e. The van der Waals surface area contributed by atoms with E-state index in [4.69, 9.17) is 0 Å². The van der Waals surface area contributed by atoms with Gasteiger partial charge >= 0.3 is 0 Å². The van der Waals surface area contributed by atoms with Gasteiger partial charge < -0.3 is 5.32 Å². The first-order chi connectivity index (χ1) is 11.6. The van der Waals surface area contributed by atoms with Gasteiger partial charge in [-0.2, -0.15) is 5.10 Å². The molecule has 1 amide bonds. The monoisotopic (exact) mass is 326 g/mol. The first-order valence-corrected chi connectivity index (χ1v) is 8.74. The van der Waals surface area contributed by atoms with Gasteiger partial charge in [-0.15, -0.1) is 0 Å². The van der Waals surface area contributed by atoms with Gasteiger partial charge in [-0.1, -0.05) is 37.3 Å². The fourth-order valence-corrected chi connectivity index (χ4v) is 3.26.